The van der Waals surface area contributed by atoms with Crippen LogP contribution in [0, 0.1) is 0 Å². The molecule has 0 amide bonds. The first kappa shape index (κ1) is 22.5. The second-order valence-corrected chi connectivity index (χ2v) is 9.80. The molecule has 1 aromatic heterocycles. The fraction of sp³-hybridized carbons (Fsp3) is 0.700. The lowest BCUT2D eigenvalue weighted by atomic mass is 9.98. The molecule has 1 aromatic rings. The average molecular weight is 411 g/mol. The summed E-state index contributed by atoms with van der Waals surface area (Å²) in [5.74, 6) is 1.50. The molecule has 1 heterocycles. The maximum absolute atomic E-state index is 11.3. The Morgan fingerprint density at radius 3 is 2.79 bits per heavy atom. The van der Waals surface area contributed by atoms with Gasteiger partial charge in [0.25, 0.3) is 0 Å². The maximum Gasteiger partial charge on any atom is 0.213 e. The second-order valence-electron chi connectivity index (χ2n) is 7.54. The summed E-state index contributed by atoms with van der Waals surface area (Å²) in [6.45, 7) is 5.19. The van der Waals surface area contributed by atoms with Crippen LogP contribution in [0.3, 0.4) is 0 Å². The van der Waals surface area contributed by atoms with Crippen molar-refractivity contribution < 1.29 is 13.2 Å². The van der Waals surface area contributed by atoms with Crippen molar-refractivity contribution in [3.05, 3.63) is 23.9 Å². The van der Waals surface area contributed by atoms with Gasteiger partial charge in [-0.3, -0.25) is 0 Å². The molecule has 1 unspecified atom stereocenters. The molecule has 1 saturated carbocycles. The van der Waals surface area contributed by atoms with Crippen LogP contribution in [-0.4, -0.2) is 50.1 Å². The summed E-state index contributed by atoms with van der Waals surface area (Å²) < 4.78 is 28.7. The standard InChI is InChI=1S/C20H34N4O3S/c1-4-21-20(24-16(2)11-13-28(3,25)26)23-15-17-10-12-22-19(14-17)27-18-8-6-5-7-9-18/h10,12,14,16,18H,4-9,11,13,15H2,1-3H3,(H2,21,23,24). The highest BCUT2D eigenvalue weighted by Crippen LogP contribution is 2.22. The molecule has 0 aliphatic heterocycles. The third-order valence-corrected chi connectivity index (χ3v) is 5.68. The fourth-order valence-electron chi connectivity index (χ4n) is 3.15. The molecule has 0 aromatic carbocycles. The molecule has 158 valence electrons. The highest BCUT2D eigenvalue weighted by atomic mass is 32.2. The third-order valence-electron chi connectivity index (χ3n) is 4.71. The van der Waals surface area contributed by atoms with E-state index in [-0.39, 0.29) is 17.9 Å². The van der Waals surface area contributed by atoms with E-state index in [2.05, 4.69) is 20.6 Å². The molecule has 2 rings (SSSR count). The van der Waals surface area contributed by atoms with Gasteiger partial charge < -0.3 is 15.4 Å². The fourth-order valence-corrected chi connectivity index (χ4v) is 3.94. The van der Waals surface area contributed by atoms with Gasteiger partial charge in [-0.15, -0.1) is 0 Å². The Labute approximate surface area is 169 Å². The smallest absolute Gasteiger partial charge is 0.213 e. The summed E-state index contributed by atoms with van der Waals surface area (Å²) in [6.07, 6.45) is 9.78. The number of guanidine groups is 1. The van der Waals surface area contributed by atoms with Crippen LogP contribution in [0.15, 0.2) is 23.3 Å². The number of pyridine rings is 1. The van der Waals surface area contributed by atoms with Crippen molar-refractivity contribution in [1.29, 1.82) is 0 Å². The van der Waals surface area contributed by atoms with Crippen molar-refractivity contribution in [2.24, 2.45) is 4.99 Å². The number of sulfone groups is 1. The molecular formula is C20H34N4O3S. The summed E-state index contributed by atoms with van der Waals surface area (Å²) in [5.41, 5.74) is 1.03. The van der Waals surface area contributed by atoms with E-state index in [1.807, 2.05) is 26.0 Å². The van der Waals surface area contributed by atoms with E-state index in [9.17, 15) is 8.42 Å². The van der Waals surface area contributed by atoms with Crippen LogP contribution in [0.25, 0.3) is 0 Å². The summed E-state index contributed by atoms with van der Waals surface area (Å²) in [7, 11) is -2.96. The van der Waals surface area contributed by atoms with E-state index >= 15 is 0 Å². The zero-order valence-corrected chi connectivity index (χ0v) is 18.1. The van der Waals surface area contributed by atoms with Gasteiger partial charge in [0, 0.05) is 31.1 Å². The van der Waals surface area contributed by atoms with Gasteiger partial charge in [0.2, 0.25) is 5.88 Å². The number of aliphatic imine (C=N–C) groups is 1. The van der Waals surface area contributed by atoms with Crippen molar-refractivity contribution in [3.63, 3.8) is 0 Å². The Hall–Kier alpha value is -1.83. The van der Waals surface area contributed by atoms with Crippen molar-refractivity contribution in [2.45, 2.75) is 71.1 Å². The van der Waals surface area contributed by atoms with E-state index < -0.39 is 9.84 Å². The minimum atomic E-state index is -2.96. The quantitative estimate of drug-likeness (QED) is 0.480. The first-order valence-electron chi connectivity index (χ1n) is 10.2. The van der Waals surface area contributed by atoms with E-state index in [0.717, 1.165) is 24.9 Å². The number of nitrogens with zero attached hydrogens (tertiary/aromatic N) is 2. The number of ether oxygens (including phenoxy) is 1. The van der Waals surface area contributed by atoms with Gasteiger partial charge in [-0.1, -0.05) is 6.42 Å². The van der Waals surface area contributed by atoms with Gasteiger partial charge in [-0.2, -0.15) is 0 Å². The molecule has 1 atom stereocenters. The summed E-state index contributed by atoms with van der Waals surface area (Å²) in [6, 6.07) is 3.90. The van der Waals surface area contributed by atoms with Gasteiger partial charge in [-0.05, 0) is 57.6 Å². The van der Waals surface area contributed by atoms with E-state index in [4.69, 9.17) is 4.74 Å². The Bertz CT molecular complexity index is 731. The molecule has 0 spiro atoms. The van der Waals surface area contributed by atoms with Gasteiger partial charge in [0.05, 0.1) is 12.3 Å². The molecule has 1 fully saturated rings. The number of nitrogens with one attached hydrogen (secondary N) is 2. The Kier molecular flexibility index (Phi) is 9.02. The maximum atomic E-state index is 11.3. The molecule has 2 N–H and O–H groups in total. The first-order valence-corrected chi connectivity index (χ1v) is 12.3. The van der Waals surface area contributed by atoms with Crippen molar-refractivity contribution in [3.8, 4) is 5.88 Å². The molecule has 7 nitrogen and oxygen atoms in total. The highest BCUT2D eigenvalue weighted by Gasteiger charge is 2.15. The molecule has 0 radical (unpaired) electrons. The SMILES string of the molecule is CCNC(=NCc1ccnc(OC2CCCCC2)c1)NC(C)CCS(C)(=O)=O. The third kappa shape index (κ3) is 8.91. The Morgan fingerprint density at radius 1 is 1.36 bits per heavy atom. The van der Waals surface area contributed by atoms with Crippen molar-refractivity contribution in [2.75, 3.05) is 18.6 Å². The van der Waals surface area contributed by atoms with Gasteiger partial charge in [0.15, 0.2) is 5.96 Å². The van der Waals surface area contributed by atoms with Crippen LogP contribution in [0.1, 0.15) is 57.9 Å². The molecule has 1 aliphatic carbocycles. The van der Waals surface area contributed by atoms with Crippen LogP contribution in [0.4, 0.5) is 0 Å². The minimum Gasteiger partial charge on any atom is -0.474 e. The molecule has 1 aliphatic rings. The van der Waals surface area contributed by atoms with Crippen molar-refractivity contribution >= 4 is 15.8 Å². The van der Waals surface area contributed by atoms with Gasteiger partial charge in [-0.25, -0.2) is 18.4 Å². The first-order chi connectivity index (χ1) is 13.4. The number of rotatable bonds is 9. The molecule has 0 saturated heterocycles. The summed E-state index contributed by atoms with van der Waals surface area (Å²) in [5, 5.41) is 6.47. The minimum absolute atomic E-state index is 0.00941. The Balaban J connectivity index is 1.92. The molecular weight excluding hydrogens is 376 g/mol. The highest BCUT2D eigenvalue weighted by molar-refractivity contribution is 7.90. The molecule has 8 heteroatoms. The van der Waals surface area contributed by atoms with E-state index in [1.165, 1.54) is 25.5 Å². The van der Waals surface area contributed by atoms with Crippen LogP contribution < -0.4 is 15.4 Å². The predicted octanol–water partition coefficient (Wildman–Crippen LogP) is 2.67. The number of hydrogen-bond acceptors (Lipinski definition) is 5. The topological polar surface area (TPSA) is 92.7 Å². The van der Waals surface area contributed by atoms with Crippen LogP contribution in [-0.2, 0) is 16.4 Å². The van der Waals surface area contributed by atoms with Gasteiger partial charge >= 0.3 is 0 Å². The molecule has 0 bridgehead atoms. The van der Waals surface area contributed by atoms with Crippen LogP contribution >= 0.6 is 0 Å². The largest absolute Gasteiger partial charge is 0.474 e. The van der Waals surface area contributed by atoms with Gasteiger partial charge in [0.1, 0.15) is 15.9 Å². The van der Waals surface area contributed by atoms with Crippen LogP contribution in [0.2, 0.25) is 0 Å². The number of aromatic nitrogens is 1. The monoisotopic (exact) mass is 410 g/mol. The lowest BCUT2D eigenvalue weighted by Gasteiger charge is -2.22. The van der Waals surface area contributed by atoms with E-state index in [0.29, 0.717) is 24.8 Å². The summed E-state index contributed by atoms with van der Waals surface area (Å²) >= 11 is 0. The lowest BCUT2D eigenvalue weighted by molar-refractivity contribution is 0.148. The molecule has 28 heavy (non-hydrogen) atoms. The number of hydrogen-bond donors (Lipinski definition) is 2. The second kappa shape index (κ2) is 11.2. The predicted molar refractivity (Wildman–Crippen MR) is 113 cm³/mol. The zero-order valence-electron chi connectivity index (χ0n) is 17.3. The summed E-state index contributed by atoms with van der Waals surface area (Å²) in [4.78, 5) is 8.95. The Morgan fingerprint density at radius 2 is 2.11 bits per heavy atom. The average Bonchev–Trinajstić information content (AvgIpc) is 2.65. The zero-order chi connectivity index (χ0) is 20.4. The van der Waals surface area contributed by atoms with E-state index in [1.54, 1.807) is 6.20 Å². The van der Waals surface area contributed by atoms with Crippen molar-refractivity contribution in [1.82, 2.24) is 15.6 Å². The normalized spacial score (nSPS) is 17.2. The lowest BCUT2D eigenvalue weighted by Crippen LogP contribution is -2.42. The van der Waals surface area contributed by atoms with Crippen LogP contribution in [0.5, 0.6) is 5.88 Å².